The van der Waals surface area contributed by atoms with Crippen molar-refractivity contribution in [2.45, 2.75) is 4.90 Å². The quantitative estimate of drug-likeness (QED) is 0.350. The highest BCUT2D eigenvalue weighted by atomic mass is 32.2. The molecule has 0 aromatic heterocycles. The molecule has 0 unspecified atom stereocenters. The lowest BCUT2D eigenvalue weighted by Crippen LogP contribution is -2.41. The minimum absolute atomic E-state index is 0.0888. The van der Waals surface area contributed by atoms with E-state index in [0.29, 0.717) is 0 Å². The molecular weight excluding hydrogens is 356 g/mol. The van der Waals surface area contributed by atoms with E-state index in [0.717, 1.165) is 12.1 Å². The van der Waals surface area contributed by atoms with Crippen molar-refractivity contribution in [1.82, 2.24) is 15.4 Å². The molecule has 0 saturated heterocycles. The zero-order valence-electron chi connectivity index (χ0n) is 13.0. The van der Waals surface area contributed by atoms with Gasteiger partial charge in [0.05, 0.1) is 11.5 Å². The number of anilines is 1. The number of carbonyl (C=O) groups is 4. The number of sulfonamides is 1. The molecule has 11 nitrogen and oxygen atoms in total. The first-order chi connectivity index (χ1) is 11.7. The fraction of sp³-hybridized carbons (Fsp3) is 0.231. The largest absolute Gasteiger partial charge is 0.395 e. The Hall–Kier alpha value is -2.99. The van der Waals surface area contributed by atoms with Gasteiger partial charge in [0.2, 0.25) is 0 Å². The second-order valence-electron chi connectivity index (χ2n) is 4.47. The van der Waals surface area contributed by atoms with E-state index < -0.39 is 33.7 Å². The molecule has 136 valence electrons. The summed E-state index contributed by atoms with van der Waals surface area (Å²) in [7, 11) is -3.10. The standard InChI is InChI=1S/C13H16N4O7S/c1-14-10(19)13(22)17-25(23,24)9-4-2-8(3-5-9)16-12(21)11(20)15-6-7-18/h2-5,18H,6-7H2,1H3,(H,14,19)(H,15,20)(H,16,21)(H,17,22). The Labute approximate surface area is 142 Å². The van der Waals surface area contributed by atoms with Gasteiger partial charge in [0.25, 0.3) is 10.0 Å². The average Bonchev–Trinajstić information content (AvgIpc) is 2.58. The molecule has 12 heteroatoms. The minimum Gasteiger partial charge on any atom is -0.395 e. The predicted molar refractivity (Wildman–Crippen MR) is 84.6 cm³/mol. The number of carbonyl (C=O) groups excluding carboxylic acids is 4. The molecule has 0 saturated carbocycles. The number of benzene rings is 1. The molecule has 1 aromatic carbocycles. The SMILES string of the molecule is CNC(=O)C(=O)NS(=O)(=O)c1ccc(NC(=O)C(=O)NCCO)cc1. The fourth-order valence-corrected chi connectivity index (χ4v) is 2.44. The molecule has 0 aliphatic rings. The first kappa shape index (κ1) is 20.1. The van der Waals surface area contributed by atoms with Gasteiger partial charge in [-0.05, 0) is 24.3 Å². The lowest BCUT2D eigenvalue weighted by Gasteiger charge is -2.08. The summed E-state index contributed by atoms with van der Waals surface area (Å²) in [6.45, 7) is -0.415. The maximum absolute atomic E-state index is 11.9. The molecule has 0 fully saturated rings. The summed E-state index contributed by atoms with van der Waals surface area (Å²) in [5.41, 5.74) is 0.126. The second-order valence-corrected chi connectivity index (χ2v) is 6.15. The molecule has 0 atom stereocenters. The molecule has 0 radical (unpaired) electrons. The maximum atomic E-state index is 11.9. The Morgan fingerprint density at radius 3 is 2.08 bits per heavy atom. The van der Waals surface area contributed by atoms with E-state index in [1.54, 1.807) is 4.72 Å². The predicted octanol–water partition coefficient (Wildman–Crippen LogP) is -2.72. The zero-order chi connectivity index (χ0) is 19.0. The number of hydrogen-bond donors (Lipinski definition) is 5. The van der Waals surface area contributed by atoms with Gasteiger partial charge in [-0.15, -0.1) is 0 Å². The Kier molecular flexibility index (Phi) is 7.02. The topological polar surface area (TPSA) is 171 Å². The van der Waals surface area contributed by atoms with Crippen LogP contribution in [0.5, 0.6) is 0 Å². The Morgan fingerprint density at radius 2 is 1.56 bits per heavy atom. The van der Waals surface area contributed by atoms with Crippen molar-refractivity contribution in [3.8, 4) is 0 Å². The molecule has 1 aromatic rings. The number of nitrogens with one attached hydrogen (secondary N) is 4. The van der Waals surface area contributed by atoms with Gasteiger partial charge >= 0.3 is 23.6 Å². The van der Waals surface area contributed by atoms with E-state index in [9.17, 15) is 27.6 Å². The van der Waals surface area contributed by atoms with Crippen molar-refractivity contribution in [3.63, 3.8) is 0 Å². The highest BCUT2D eigenvalue weighted by Crippen LogP contribution is 2.13. The summed E-state index contributed by atoms with van der Waals surface area (Å²) in [4.78, 5) is 44.9. The van der Waals surface area contributed by atoms with Crippen molar-refractivity contribution in [1.29, 1.82) is 0 Å². The first-order valence-corrected chi connectivity index (χ1v) is 8.28. The van der Waals surface area contributed by atoms with E-state index in [2.05, 4.69) is 10.6 Å². The van der Waals surface area contributed by atoms with Crippen LogP contribution in [0, 0.1) is 0 Å². The summed E-state index contributed by atoms with van der Waals surface area (Å²) < 4.78 is 25.4. The number of amides is 4. The summed E-state index contributed by atoms with van der Waals surface area (Å²) >= 11 is 0. The van der Waals surface area contributed by atoms with Gasteiger partial charge in [-0.2, -0.15) is 0 Å². The first-order valence-electron chi connectivity index (χ1n) is 6.80. The molecule has 0 spiro atoms. The van der Waals surface area contributed by atoms with Gasteiger partial charge in [0, 0.05) is 19.3 Å². The van der Waals surface area contributed by atoms with Crippen LogP contribution in [-0.2, 0) is 29.2 Å². The van der Waals surface area contributed by atoms with Gasteiger partial charge in [0.15, 0.2) is 0 Å². The van der Waals surface area contributed by atoms with Crippen molar-refractivity contribution < 1.29 is 32.7 Å². The van der Waals surface area contributed by atoms with Crippen LogP contribution in [-0.4, -0.2) is 57.4 Å². The number of hydrogen-bond acceptors (Lipinski definition) is 7. The van der Waals surface area contributed by atoms with Crippen LogP contribution in [0.25, 0.3) is 0 Å². The molecule has 25 heavy (non-hydrogen) atoms. The van der Waals surface area contributed by atoms with Gasteiger partial charge in [-0.1, -0.05) is 0 Å². The highest BCUT2D eigenvalue weighted by Gasteiger charge is 2.22. The van der Waals surface area contributed by atoms with Crippen molar-refractivity contribution in [2.24, 2.45) is 0 Å². The molecule has 5 N–H and O–H groups in total. The van der Waals surface area contributed by atoms with Crippen LogP contribution >= 0.6 is 0 Å². The van der Waals surface area contributed by atoms with Crippen LogP contribution in [0.3, 0.4) is 0 Å². The van der Waals surface area contributed by atoms with Gasteiger partial charge in [-0.25, -0.2) is 13.1 Å². The fourth-order valence-electron chi connectivity index (χ4n) is 1.50. The number of likely N-dealkylation sites (N-methyl/N-ethyl adjacent to an activating group) is 1. The molecule has 0 aliphatic carbocycles. The van der Waals surface area contributed by atoms with Crippen molar-refractivity contribution in [2.75, 3.05) is 25.5 Å². The third-order valence-electron chi connectivity index (χ3n) is 2.69. The van der Waals surface area contributed by atoms with E-state index in [4.69, 9.17) is 5.11 Å². The van der Waals surface area contributed by atoms with Gasteiger partial charge in [0.1, 0.15) is 0 Å². The average molecular weight is 372 g/mol. The van der Waals surface area contributed by atoms with E-state index in [1.807, 2.05) is 5.32 Å². The third-order valence-corrected chi connectivity index (χ3v) is 4.03. The Morgan fingerprint density at radius 1 is 0.960 bits per heavy atom. The minimum atomic E-state index is -4.27. The van der Waals surface area contributed by atoms with Crippen LogP contribution in [0.2, 0.25) is 0 Å². The van der Waals surface area contributed by atoms with E-state index >= 15 is 0 Å². The molecule has 0 bridgehead atoms. The summed E-state index contributed by atoms with van der Waals surface area (Å²) in [5, 5.41) is 14.9. The number of aliphatic hydroxyl groups is 1. The monoisotopic (exact) mass is 372 g/mol. The van der Waals surface area contributed by atoms with Crippen LogP contribution < -0.4 is 20.7 Å². The maximum Gasteiger partial charge on any atom is 0.322 e. The Balaban J connectivity index is 2.78. The summed E-state index contributed by atoms with van der Waals surface area (Å²) in [6, 6.07) is 4.52. The van der Waals surface area contributed by atoms with Crippen molar-refractivity contribution in [3.05, 3.63) is 24.3 Å². The van der Waals surface area contributed by atoms with Crippen LogP contribution in [0.15, 0.2) is 29.2 Å². The highest BCUT2D eigenvalue weighted by molar-refractivity contribution is 7.90. The van der Waals surface area contributed by atoms with Crippen molar-refractivity contribution >= 4 is 39.3 Å². The van der Waals surface area contributed by atoms with E-state index in [-0.39, 0.29) is 23.7 Å². The van der Waals surface area contributed by atoms with Gasteiger partial charge < -0.3 is 21.1 Å². The molecular formula is C13H16N4O7S. The number of aliphatic hydroxyl groups excluding tert-OH is 1. The molecule has 1 rings (SSSR count). The zero-order valence-corrected chi connectivity index (χ0v) is 13.8. The number of rotatable bonds is 5. The molecule has 0 aliphatic heterocycles. The molecule has 0 heterocycles. The normalized spacial score (nSPS) is 10.5. The second kappa shape index (κ2) is 8.75. The Bertz CT molecular complexity index is 774. The summed E-state index contributed by atoms with van der Waals surface area (Å²) in [5.74, 6) is -4.44. The lowest BCUT2D eigenvalue weighted by molar-refractivity contribution is -0.137. The summed E-state index contributed by atoms with van der Waals surface area (Å²) in [6.07, 6.45) is 0. The van der Waals surface area contributed by atoms with E-state index in [1.165, 1.54) is 19.2 Å². The van der Waals surface area contributed by atoms with Gasteiger partial charge in [-0.3, -0.25) is 19.2 Å². The van der Waals surface area contributed by atoms with Crippen LogP contribution in [0.1, 0.15) is 0 Å². The van der Waals surface area contributed by atoms with Crippen LogP contribution in [0.4, 0.5) is 5.69 Å². The smallest absolute Gasteiger partial charge is 0.322 e. The lowest BCUT2D eigenvalue weighted by atomic mass is 10.3. The third kappa shape index (κ3) is 5.86. The molecule has 4 amide bonds.